The molecule has 1 aromatic heterocycles. The molecule has 0 N–H and O–H groups in total. The molecule has 0 spiro atoms. The molecular weight excluding hydrogens is 358 g/mol. The van der Waals surface area contributed by atoms with Gasteiger partial charge in [-0.1, -0.05) is 48.9 Å². The van der Waals surface area contributed by atoms with Crippen LogP contribution >= 0.6 is 11.6 Å². The fourth-order valence-corrected chi connectivity index (χ4v) is 3.82. The highest BCUT2D eigenvalue weighted by molar-refractivity contribution is 7.90. The van der Waals surface area contributed by atoms with Crippen molar-refractivity contribution in [1.29, 1.82) is 0 Å². The lowest BCUT2D eigenvalue weighted by Crippen LogP contribution is -2.34. The summed E-state index contributed by atoms with van der Waals surface area (Å²) in [6.45, 7) is 3.93. The Kier molecular flexibility index (Phi) is 5.29. The molecule has 1 aliphatic heterocycles. The summed E-state index contributed by atoms with van der Waals surface area (Å²) in [7, 11) is -3.52. The lowest BCUT2D eigenvalue weighted by molar-refractivity contribution is 0.435. The van der Waals surface area contributed by atoms with Gasteiger partial charge in [-0.05, 0) is 24.3 Å². The van der Waals surface area contributed by atoms with E-state index in [0.29, 0.717) is 18.2 Å². The topological polar surface area (TPSA) is 63.2 Å². The number of halogens is 1. The Labute approximate surface area is 154 Å². The quantitative estimate of drug-likeness (QED) is 0.602. The molecule has 0 radical (unpaired) electrons. The third kappa shape index (κ3) is 4.30. The second-order valence-corrected chi connectivity index (χ2v) is 8.97. The van der Waals surface area contributed by atoms with Crippen LogP contribution in [-0.4, -0.2) is 37.7 Å². The molecule has 2 aromatic rings. The zero-order chi connectivity index (χ0) is 18.0. The number of anilines is 1. The zero-order valence-electron chi connectivity index (χ0n) is 14.4. The summed E-state index contributed by atoms with van der Waals surface area (Å²) >= 11 is 6.40. The third-order valence-electron chi connectivity index (χ3n) is 4.55. The van der Waals surface area contributed by atoms with E-state index in [1.54, 1.807) is 0 Å². The van der Waals surface area contributed by atoms with E-state index in [1.807, 2.05) is 30.3 Å². The molecule has 0 bridgehead atoms. The summed E-state index contributed by atoms with van der Waals surface area (Å²) in [5.74, 6) is 1.32. The second-order valence-electron chi connectivity index (χ2n) is 6.70. The van der Waals surface area contributed by atoms with E-state index in [0.717, 1.165) is 43.3 Å². The monoisotopic (exact) mass is 379 g/mol. The molecule has 0 aliphatic carbocycles. The molecule has 1 aromatic carbocycles. The maximum atomic E-state index is 11.9. The van der Waals surface area contributed by atoms with Gasteiger partial charge in [0.15, 0.2) is 0 Å². The minimum Gasteiger partial charge on any atom is -0.356 e. The van der Waals surface area contributed by atoms with Gasteiger partial charge in [0.2, 0.25) is 15.0 Å². The van der Waals surface area contributed by atoms with Crippen LogP contribution in [-0.2, 0) is 16.3 Å². The molecule has 0 amide bonds. The summed E-state index contributed by atoms with van der Waals surface area (Å²) in [6.07, 6.45) is 3.80. The molecule has 0 saturated carbocycles. The van der Waals surface area contributed by atoms with Crippen molar-refractivity contribution in [2.45, 2.75) is 31.3 Å². The molecule has 0 unspecified atom stereocenters. The Hall–Kier alpha value is -1.66. The van der Waals surface area contributed by atoms with Gasteiger partial charge in [-0.3, -0.25) is 0 Å². The van der Waals surface area contributed by atoms with Gasteiger partial charge in [0, 0.05) is 31.3 Å². The molecule has 7 heteroatoms. The van der Waals surface area contributed by atoms with E-state index >= 15 is 0 Å². The van der Waals surface area contributed by atoms with E-state index in [2.05, 4.69) is 21.8 Å². The number of benzene rings is 1. The molecule has 134 valence electrons. The summed E-state index contributed by atoms with van der Waals surface area (Å²) in [6, 6.07) is 9.93. The largest absolute Gasteiger partial charge is 0.356 e. The lowest BCUT2D eigenvalue weighted by Gasteiger charge is -2.32. The van der Waals surface area contributed by atoms with Crippen molar-refractivity contribution in [2.75, 3.05) is 24.2 Å². The molecule has 1 saturated heterocycles. The number of hydrogen-bond acceptors (Lipinski definition) is 5. The third-order valence-corrected chi connectivity index (χ3v) is 5.71. The normalized spacial score (nSPS) is 16.2. The Bertz CT molecular complexity index is 848. The first kappa shape index (κ1) is 18.1. The maximum absolute atomic E-state index is 11.9. The van der Waals surface area contributed by atoms with Gasteiger partial charge < -0.3 is 4.90 Å². The Morgan fingerprint density at radius 1 is 1.16 bits per heavy atom. The zero-order valence-corrected chi connectivity index (χ0v) is 16.0. The number of rotatable bonds is 4. The van der Waals surface area contributed by atoms with E-state index in [9.17, 15) is 8.42 Å². The summed E-state index contributed by atoms with van der Waals surface area (Å²) in [5.41, 5.74) is 1.88. The standard InChI is InChI=1S/C18H22ClN3O2S/c1-13-8-10-22(11-9-13)17-15(12-14-6-4-3-5-7-14)16(19)20-18(21-17)25(2,23)24/h3-7,13H,8-12H2,1-2H3. The molecule has 2 heterocycles. The first-order chi connectivity index (χ1) is 11.8. The van der Waals surface area contributed by atoms with Crippen molar-refractivity contribution in [3.63, 3.8) is 0 Å². The summed E-state index contributed by atoms with van der Waals surface area (Å²) < 4.78 is 23.9. The van der Waals surface area contributed by atoms with E-state index in [-0.39, 0.29) is 10.3 Å². The Morgan fingerprint density at radius 2 is 1.80 bits per heavy atom. The van der Waals surface area contributed by atoms with Crippen molar-refractivity contribution >= 4 is 27.3 Å². The molecule has 3 rings (SSSR count). The van der Waals surface area contributed by atoms with Crippen molar-refractivity contribution < 1.29 is 8.42 Å². The van der Waals surface area contributed by atoms with Crippen LogP contribution < -0.4 is 4.90 Å². The Morgan fingerprint density at radius 3 is 2.40 bits per heavy atom. The van der Waals surface area contributed by atoms with Crippen molar-refractivity contribution in [3.05, 3.63) is 46.6 Å². The minimum atomic E-state index is -3.52. The van der Waals surface area contributed by atoms with Crippen LogP contribution in [0, 0.1) is 5.92 Å². The van der Waals surface area contributed by atoms with Crippen molar-refractivity contribution in [1.82, 2.24) is 9.97 Å². The summed E-state index contributed by atoms with van der Waals surface area (Å²) in [5, 5.41) is 0.0100. The molecule has 1 fully saturated rings. The van der Waals surface area contributed by atoms with E-state index < -0.39 is 9.84 Å². The predicted octanol–water partition coefficient (Wildman–Crippen LogP) is 3.36. The fourth-order valence-electron chi connectivity index (χ4n) is 3.03. The van der Waals surface area contributed by atoms with Gasteiger partial charge in [-0.25, -0.2) is 18.4 Å². The van der Waals surface area contributed by atoms with E-state index in [1.165, 1.54) is 0 Å². The van der Waals surface area contributed by atoms with Gasteiger partial charge in [0.1, 0.15) is 11.0 Å². The average Bonchev–Trinajstić information content (AvgIpc) is 2.57. The first-order valence-electron chi connectivity index (χ1n) is 8.40. The van der Waals surface area contributed by atoms with Crippen molar-refractivity contribution in [2.24, 2.45) is 5.92 Å². The van der Waals surface area contributed by atoms with Crippen LogP contribution in [0.1, 0.15) is 30.9 Å². The molecule has 25 heavy (non-hydrogen) atoms. The smallest absolute Gasteiger partial charge is 0.250 e. The average molecular weight is 380 g/mol. The Balaban J connectivity index is 2.05. The lowest BCUT2D eigenvalue weighted by atomic mass is 9.98. The van der Waals surface area contributed by atoms with Gasteiger partial charge in [-0.15, -0.1) is 0 Å². The van der Waals surface area contributed by atoms with Crippen molar-refractivity contribution in [3.8, 4) is 0 Å². The minimum absolute atomic E-state index is 0.206. The molecule has 1 aliphatic rings. The number of nitrogens with zero attached hydrogens (tertiary/aromatic N) is 3. The highest BCUT2D eigenvalue weighted by Crippen LogP contribution is 2.31. The number of aromatic nitrogens is 2. The molecule has 0 atom stereocenters. The predicted molar refractivity (Wildman–Crippen MR) is 100 cm³/mol. The van der Waals surface area contributed by atoms with Crippen LogP contribution in [0.2, 0.25) is 5.15 Å². The van der Waals surface area contributed by atoms with Crippen LogP contribution in [0.3, 0.4) is 0 Å². The first-order valence-corrected chi connectivity index (χ1v) is 10.7. The number of sulfone groups is 1. The molecule has 5 nitrogen and oxygen atoms in total. The number of piperidine rings is 1. The van der Waals surface area contributed by atoms with Gasteiger partial charge in [-0.2, -0.15) is 0 Å². The fraction of sp³-hybridized carbons (Fsp3) is 0.444. The highest BCUT2D eigenvalue weighted by atomic mass is 35.5. The second kappa shape index (κ2) is 7.30. The highest BCUT2D eigenvalue weighted by Gasteiger charge is 2.25. The van der Waals surface area contributed by atoms with E-state index in [4.69, 9.17) is 11.6 Å². The van der Waals surface area contributed by atoms with Crippen LogP contribution in [0.5, 0.6) is 0 Å². The maximum Gasteiger partial charge on any atom is 0.250 e. The van der Waals surface area contributed by atoms with Gasteiger partial charge >= 0.3 is 0 Å². The SMILES string of the molecule is CC1CCN(c2nc(S(C)(=O)=O)nc(Cl)c2Cc2ccccc2)CC1. The van der Waals surface area contributed by atoms with Gasteiger partial charge in [0.25, 0.3) is 0 Å². The van der Waals surface area contributed by atoms with Crippen LogP contribution in [0.25, 0.3) is 0 Å². The van der Waals surface area contributed by atoms with Gasteiger partial charge in [0.05, 0.1) is 0 Å². The summed E-state index contributed by atoms with van der Waals surface area (Å²) in [4.78, 5) is 10.6. The van der Waals surface area contributed by atoms with Crippen LogP contribution in [0.4, 0.5) is 5.82 Å². The number of hydrogen-bond donors (Lipinski definition) is 0. The van der Waals surface area contributed by atoms with Crippen LogP contribution in [0.15, 0.2) is 35.5 Å². The molecular formula is C18H22ClN3O2S.